The summed E-state index contributed by atoms with van der Waals surface area (Å²) in [6.45, 7) is 4.00. The van der Waals surface area contributed by atoms with Gasteiger partial charge >= 0.3 is 11.8 Å². The second kappa shape index (κ2) is 9.21. The second-order valence-corrected chi connectivity index (χ2v) is 6.91. The summed E-state index contributed by atoms with van der Waals surface area (Å²) >= 11 is 5.92. The third kappa shape index (κ3) is 5.80. The summed E-state index contributed by atoms with van der Waals surface area (Å²) in [7, 11) is 0. The van der Waals surface area contributed by atoms with Crippen LogP contribution in [-0.4, -0.2) is 18.0 Å². The van der Waals surface area contributed by atoms with E-state index in [0.29, 0.717) is 27.9 Å². The Balaban J connectivity index is 1.52. The average Bonchev–Trinajstić information content (AvgIpc) is 3.15. The number of amides is 2. The van der Waals surface area contributed by atoms with Crippen molar-refractivity contribution in [3.63, 3.8) is 0 Å². The average molecular weight is 410 g/mol. The molecule has 7 heteroatoms. The van der Waals surface area contributed by atoms with E-state index in [1.54, 1.807) is 42.6 Å². The molecule has 0 radical (unpaired) electrons. The Labute approximate surface area is 173 Å². The molecule has 0 saturated carbocycles. The van der Waals surface area contributed by atoms with Gasteiger partial charge in [-0.1, -0.05) is 23.7 Å². The zero-order chi connectivity index (χ0) is 20.8. The molecule has 29 heavy (non-hydrogen) atoms. The number of hydrogen-bond acceptors (Lipinski definition) is 4. The van der Waals surface area contributed by atoms with Crippen molar-refractivity contribution < 1.29 is 14.0 Å². The molecule has 0 unspecified atom stereocenters. The maximum atomic E-state index is 12.0. The molecule has 0 bridgehead atoms. The van der Waals surface area contributed by atoms with Crippen molar-refractivity contribution in [2.24, 2.45) is 4.99 Å². The van der Waals surface area contributed by atoms with E-state index in [9.17, 15) is 9.59 Å². The molecule has 0 saturated heterocycles. The smallest absolute Gasteiger partial charge is 0.313 e. The van der Waals surface area contributed by atoms with E-state index in [1.165, 1.54) is 0 Å². The lowest BCUT2D eigenvalue weighted by Gasteiger charge is -2.07. The lowest BCUT2D eigenvalue weighted by Crippen LogP contribution is -2.34. The molecule has 6 nitrogen and oxygen atoms in total. The number of halogens is 1. The molecule has 1 aromatic heterocycles. The van der Waals surface area contributed by atoms with Crippen LogP contribution in [0.2, 0.25) is 5.02 Å². The highest BCUT2D eigenvalue weighted by Crippen LogP contribution is 2.18. The highest BCUT2D eigenvalue weighted by molar-refractivity contribution is 6.39. The topological polar surface area (TPSA) is 83.7 Å². The Morgan fingerprint density at radius 2 is 1.86 bits per heavy atom. The van der Waals surface area contributed by atoms with E-state index in [2.05, 4.69) is 15.6 Å². The number of hydrogen-bond donors (Lipinski definition) is 2. The van der Waals surface area contributed by atoms with Crippen LogP contribution in [0.5, 0.6) is 0 Å². The van der Waals surface area contributed by atoms with Gasteiger partial charge < -0.3 is 15.1 Å². The predicted molar refractivity (Wildman–Crippen MR) is 114 cm³/mol. The Hall–Kier alpha value is -3.38. The SMILES string of the molecule is Cc1ccc(NC(=O)C(=O)NCc2ccc(C=Nc3cccc(Cl)c3)o2)cc1C. The van der Waals surface area contributed by atoms with E-state index in [-0.39, 0.29) is 6.54 Å². The second-order valence-electron chi connectivity index (χ2n) is 6.48. The van der Waals surface area contributed by atoms with Crippen molar-refractivity contribution in [2.75, 3.05) is 5.32 Å². The molecule has 0 fully saturated rings. The predicted octanol–water partition coefficient (Wildman–Crippen LogP) is 4.56. The van der Waals surface area contributed by atoms with Gasteiger partial charge in [0.15, 0.2) is 0 Å². The number of nitrogens with one attached hydrogen (secondary N) is 2. The van der Waals surface area contributed by atoms with Crippen molar-refractivity contribution in [3.05, 3.63) is 82.3 Å². The van der Waals surface area contributed by atoms with Crippen molar-refractivity contribution >= 4 is 41.0 Å². The number of anilines is 1. The van der Waals surface area contributed by atoms with Crippen LogP contribution in [0.1, 0.15) is 22.6 Å². The standard InChI is InChI=1S/C22H20ClN3O3/c1-14-6-7-18(10-15(14)2)26-22(28)21(27)25-13-20-9-8-19(29-20)12-24-17-5-3-4-16(23)11-17/h3-12H,13H2,1-2H3,(H,25,27)(H,26,28). The van der Waals surface area contributed by atoms with Crippen molar-refractivity contribution in [2.45, 2.75) is 20.4 Å². The van der Waals surface area contributed by atoms with Crippen LogP contribution in [0.4, 0.5) is 11.4 Å². The fourth-order valence-corrected chi connectivity index (χ4v) is 2.69. The van der Waals surface area contributed by atoms with E-state index < -0.39 is 11.8 Å². The minimum absolute atomic E-state index is 0.0875. The quantitative estimate of drug-likeness (QED) is 0.478. The minimum atomic E-state index is -0.742. The Bertz CT molecular complexity index is 1070. The molecule has 0 spiro atoms. The van der Waals surface area contributed by atoms with Gasteiger partial charge in [0.25, 0.3) is 0 Å². The summed E-state index contributed by atoms with van der Waals surface area (Å²) in [6, 6.07) is 16.0. The van der Waals surface area contributed by atoms with Gasteiger partial charge in [0, 0.05) is 10.7 Å². The summed E-state index contributed by atoms with van der Waals surface area (Å²) in [5.74, 6) is -0.449. The first-order chi connectivity index (χ1) is 13.9. The fraction of sp³-hybridized carbons (Fsp3) is 0.136. The zero-order valence-electron chi connectivity index (χ0n) is 16.0. The molecule has 3 aromatic rings. The first-order valence-corrected chi connectivity index (χ1v) is 9.33. The maximum Gasteiger partial charge on any atom is 0.313 e. The molecule has 0 aliphatic carbocycles. The van der Waals surface area contributed by atoms with Crippen molar-refractivity contribution in [1.29, 1.82) is 0 Å². The molecule has 2 amide bonds. The largest absolute Gasteiger partial charge is 0.458 e. The van der Waals surface area contributed by atoms with Gasteiger partial charge in [0.2, 0.25) is 0 Å². The molecule has 0 aliphatic heterocycles. The number of carbonyl (C=O) groups is 2. The molecular weight excluding hydrogens is 390 g/mol. The molecule has 2 N–H and O–H groups in total. The summed E-state index contributed by atoms with van der Waals surface area (Å²) in [5, 5.41) is 5.71. The monoisotopic (exact) mass is 409 g/mol. The molecular formula is C22H20ClN3O3. The summed E-state index contributed by atoms with van der Waals surface area (Å²) < 4.78 is 5.58. The van der Waals surface area contributed by atoms with Gasteiger partial charge in [-0.15, -0.1) is 0 Å². The fourth-order valence-electron chi connectivity index (χ4n) is 2.51. The number of benzene rings is 2. The molecule has 2 aromatic carbocycles. The number of rotatable bonds is 5. The van der Waals surface area contributed by atoms with Crippen molar-refractivity contribution in [1.82, 2.24) is 5.32 Å². The third-order valence-electron chi connectivity index (χ3n) is 4.23. The van der Waals surface area contributed by atoms with E-state index in [4.69, 9.17) is 16.0 Å². The number of aliphatic imine (C=N–C) groups is 1. The van der Waals surface area contributed by atoms with Crippen LogP contribution in [0.3, 0.4) is 0 Å². The van der Waals surface area contributed by atoms with Crippen LogP contribution in [-0.2, 0) is 16.1 Å². The van der Waals surface area contributed by atoms with Crippen molar-refractivity contribution in [3.8, 4) is 0 Å². The van der Waals surface area contributed by atoms with Crippen LogP contribution >= 0.6 is 11.6 Å². The lowest BCUT2D eigenvalue weighted by molar-refractivity contribution is -0.136. The van der Waals surface area contributed by atoms with Crippen LogP contribution in [0, 0.1) is 13.8 Å². The Kier molecular flexibility index (Phi) is 6.46. The lowest BCUT2D eigenvalue weighted by atomic mass is 10.1. The van der Waals surface area contributed by atoms with Gasteiger partial charge in [-0.05, 0) is 67.4 Å². The minimum Gasteiger partial charge on any atom is -0.458 e. The van der Waals surface area contributed by atoms with Gasteiger partial charge in [-0.3, -0.25) is 14.6 Å². The van der Waals surface area contributed by atoms with Gasteiger partial charge in [-0.2, -0.15) is 0 Å². The van der Waals surface area contributed by atoms with E-state index in [1.807, 2.05) is 32.0 Å². The van der Waals surface area contributed by atoms with Crippen LogP contribution < -0.4 is 10.6 Å². The first-order valence-electron chi connectivity index (χ1n) is 8.95. The molecule has 3 rings (SSSR count). The summed E-state index contributed by atoms with van der Waals surface area (Å²) in [6.07, 6.45) is 1.56. The third-order valence-corrected chi connectivity index (χ3v) is 4.46. The maximum absolute atomic E-state index is 12.0. The highest BCUT2D eigenvalue weighted by atomic mass is 35.5. The van der Waals surface area contributed by atoms with Gasteiger partial charge in [0.05, 0.1) is 18.4 Å². The van der Waals surface area contributed by atoms with E-state index in [0.717, 1.165) is 11.1 Å². The van der Waals surface area contributed by atoms with E-state index >= 15 is 0 Å². The van der Waals surface area contributed by atoms with Gasteiger partial charge in [-0.25, -0.2) is 0 Å². The summed E-state index contributed by atoms with van der Waals surface area (Å²) in [5.41, 5.74) is 3.42. The number of aryl methyl sites for hydroxylation is 2. The summed E-state index contributed by atoms with van der Waals surface area (Å²) in [4.78, 5) is 28.3. The van der Waals surface area contributed by atoms with Gasteiger partial charge in [0.1, 0.15) is 11.5 Å². The van der Waals surface area contributed by atoms with Crippen LogP contribution in [0.15, 0.2) is 64.0 Å². The molecule has 1 heterocycles. The Morgan fingerprint density at radius 3 is 2.62 bits per heavy atom. The highest BCUT2D eigenvalue weighted by Gasteiger charge is 2.14. The normalized spacial score (nSPS) is 10.9. The molecule has 148 valence electrons. The number of carbonyl (C=O) groups excluding carboxylic acids is 2. The van der Waals surface area contributed by atoms with Crippen LogP contribution in [0.25, 0.3) is 0 Å². The Morgan fingerprint density at radius 1 is 1.03 bits per heavy atom. The number of nitrogens with zero attached hydrogens (tertiary/aromatic N) is 1. The molecule has 0 atom stereocenters. The first kappa shape index (κ1) is 20.4. The zero-order valence-corrected chi connectivity index (χ0v) is 16.8. The molecule has 0 aliphatic rings. The number of furan rings is 1.